The number of amides is 1. The summed E-state index contributed by atoms with van der Waals surface area (Å²) in [5, 5.41) is 11.1. The predicted octanol–water partition coefficient (Wildman–Crippen LogP) is 3.73. The molecule has 1 saturated heterocycles. The van der Waals surface area contributed by atoms with Gasteiger partial charge in [0, 0.05) is 41.2 Å². The number of rotatable bonds is 3. The molecule has 1 aliphatic rings. The van der Waals surface area contributed by atoms with Crippen LogP contribution in [-0.4, -0.2) is 34.2 Å². The third-order valence-electron chi connectivity index (χ3n) is 3.82. The van der Waals surface area contributed by atoms with Gasteiger partial charge in [-0.05, 0) is 31.7 Å². The zero-order valence-corrected chi connectivity index (χ0v) is 13.1. The van der Waals surface area contributed by atoms with Gasteiger partial charge >= 0.3 is 0 Å². The van der Waals surface area contributed by atoms with Gasteiger partial charge in [0.1, 0.15) is 0 Å². The number of benzene rings is 1. The van der Waals surface area contributed by atoms with E-state index in [1.54, 1.807) is 4.90 Å². The normalized spacial score (nSPS) is 17.6. The summed E-state index contributed by atoms with van der Waals surface area (Å²) in [4.78, 5) is 24.4. The Balaban J connectivity index is 2.12. The fourth-order valence-corrected chi connectivity index (χ4v) is 3.03. The highest BCUT2D eigenvalue weighted by Gasteiger charge is 2.27. The summed E-state index contributed by atoms with van der Waals surface area (Å²) in [5.41, 5.74) is 0.0849. The largest absolute Gasteiger partial charge is 0.339 e. The molecule has 0 aromatic heterocycles. The summed E-state index contributed by atoms with van der Waals surface area (Å²) < 4.78 is 0. The number of nitro groups is 1. The Morgan fingerprint density at radius 1 is 1.38 bits per heavy atom. The third-order valence-corrected chi connectivity index (χ3v) is 4.39. The maximum absolute atomic E-state index is 12.4. The van der Waals surface area contributed by atoms with Gasteiger partial charge in [0.05, 0.1) is 4.92 Å². The lowest BCUT2D eigenvalue weighted by atomic mass is 9.93. The molecule has 0 aliphatic carbocycles. The van der Waals surface area contributed by atoms with E-state index < -0.39 is 4.92 Å². The molecule has 1 aromatic carbocycles. The van der Waals surface area contributed by atoms with Gasteiger partial charge in [0.15, 0.2) is 0 Å². The van der Waals surface area contributed by atoms with Crippen LogP contribution in [-0.2, 0) is 0 Å². The maximum Gasteiger partial charge on any atom is 0.271 e. The van der Waals surface area contributed by atoms with Crippen molar-refractivity contribution in [2.24, 2.45) is 5.92 Å². The molecule has 1 aromatic rings. The van der Waals surface area contributed by atoms with Crippen LogP contribution >= 0.6 is 23.2 Å². The van der Waals surface area contributed by atoms with Crippen molar-refractivity contribution in [1.82, 2.24) is 4.90 Å². The first-order valence-corrected chi connectivity index (χ1v) is 7.58. The molecule has 7 heteroatoms. The number of piperidine rings is 1. The Morgan fingerprint density at radius 3 is 2.52 bits per heavy atom. The first-order valence-electron chi connectivity index (χ1n) is 6.77. The van der Waals surface area contributed by atoms with Gasteiger partial charge in [-0.25, -0.2) is 0 Å². The molecule has 1 aliphatic heterocycles. The molecular weight excluding hydrogens is 315 g/mol. The number of likely N-dealkylation sites (tertiary alicyclic amines) is 1. The average molecular weight is 331 g/mol. The minimum atomic E-state index is -0.552. The predicted molar refractivity (Wildman–Crippen MR) is 82.0 cm³/mol. The second kappa shape index (κ2) is 6.62. The summed E-state index contributed by atoms with van der Waals surface area (Å²) in [6, 6.07) is 3.97. The minimum absolute atomic E-state index is 0.0921. The van der Waals surface area contributed by atoms with Crippen molar-refractivity contribution in [3.8, 4) is 0 Å². The smallest absolute Gasteiger partial charge is 0.271 e. The number of carbonyl (C=O) groups excluding carboxylic acids is 1. The highest BCUT2D eigenvalue weighted by atomic mass is 35.5. The van der Waals surface area contributed by atoms with Crippen LogP contribution in [0.5, 0.6) is 0 Å². The number of alkyl halides is 1. The summed E-state index contributed by atoms with van der Waals surface area (Å²) in [6.07, 6.45) is 1.69. The van der Waals surface area contributed by atoms with Gasteiger partial charge in [0.25, 0.3) is 11.6 Å². The van der Waals surface area contributed by atoms with E-state index in [1.807, 2.05) is 6.92 Å². The van der Waals surface area contributed by atoms with Crippen molar-refractivity contribution in [3.05, 3.63) is 38.9 Å². The van der Waals surface area contributed by atoms with Crippen molar-refractivity contribution in [2.45, 2.75) is 25.1 Å². The van der Waals surface area contributed by atoms with E-state index in [9.17, 15) is 14.9 Å². The topological polar surface area (TPSA) is 63.5 Å². The Bertz CT molecular complexity index is 555. The number of carbonyl (C=O) groups is 1. The van der Waals surface area contributed by atoms with E-state index >= 15 is 0 Å². The fourth-order valence-electron chi connectivity index (χ4n) is 2.55. The van der Waals surface area contributed by atoms with E-state index in [0.29, 0.717) is 19.0 Å². The summed E-state index contributed by atoms with van der Waals surface area (Å²) in [6.45, 7) is 3.19. The zero-order chi connectivity index (χ0) is 15.6. The van der Waals surface area contributed by atoms with Crippen molar-refractivity contribution in [2.75, 3.05) is 13.1 Å². The first kappa shape index (κ1) is 16.0. The van der Waals surface area contributed by atoms with Crippen molar-refractivity contribution in [1.29, 1.82) is 0 Å². The fraction of sp³-hybridized carbons (Fsp3) is 0.500. The van der Waals surface area contributed by atoms with E-state index in [-0.39, 0.29) is 27.6 Å². The molecule has 0 N–H and O–H groups in total. The quantitative estimate of drug-likeness (QED) is 0.482. The van der Waals surface area contributed by atoms with Gasteiger partial charge in [0.2, 0.25) is 0 Å². The molecule has 2 rings (SSSR count). The SMILES string of the molecule is CC(Cl)C1CCN(C(=O)c2cc(Cl)cc([N+](=O)[O-])c2)CC1. The standard InChI is InChI=1S/C14H16Cl2N2O3/c1-9(15)10-2-4-17(5-3-10)14(19)11-6-12(16)8-13(7-11)18(20)21/h6-10H,2-5H2,1H3. The molecule has 0 radical (unpaired) electrons. The number of nitrogens with zero attached hydrogens (tertiary/aromatic N) is 2. The second-order valence-electron chi connectivity index (χ2n) is 5.26. The van der Waals surface area contributed by atoms with Gasteiger partial charge < -0.3 is 4.90 Å². The zero-order valence-electron chi connectivity index (χ0n) is 11.6. The molecule has 1 atom stereocenters. The van der Waals surface area contributed by atoms with E-state index in [2.05, 4.69) is 0 Å². The molecule has 1 fully saturated rings. The molecule has 21 heavy (non-hydrogen) atoms. The van der Waals surface area contributed by atoms with Crippen LogP contribution in [0.2, 0.25) is 5.02 Å². The van der Waals surface area contributed by atoms with Crippen LogP contribution in [0.15, 0.2) is 18.2 Å². The van der Waals surface area contributed by atoms with Gasteiger partial charge in [-0.15, -0.1) is 11.6 Å². The summed E-state index contributed by atoms with van der Waals surface area (Å²) >= 11 is 11.9. The van der Waals surface area contributed by atoms with Crippen LogP contribution in [0, 0.1) is 16.0 Å². The van der Waals surface area contributed by atoms with Crippen LogP contribution in [0.1, 0.15) is 30.1 Å². The third kappa shape index (κ3) is 3.86. The Morgan fingerprint density at radius 2 is 2.00 bits per heavy atom. The van der Waals surface area contributed by atoms with E-state index in [1.165, 1.54) is 18.2 Å². The van der Waals surface area contributed by atoms with Crippen LogP contribution in [0.4, 0.5) is 5.69 Å². The highest BCUT2D eigenvalue weighted by Crippen LogP contribution is 2.26. The molecule has 0 bridgehead atoms. The number of hydrogen-bond acceptors (Lipinski definition) is 3. The second-order valence-corrected chi connectivity index (χ2v) is 6.39. The van der Waals surface area contributed by atoms with Gasteiger partial charge in [-0.3, -0.25) is 14.9 Å². The lowest BCUT2D eigenvalue weighted by Crippen LogP contribution is -2.40. The Labute approximate surface area is 133 Å². The molecule has 1 unspecified atom stereocenters. The van der Waals surface area contributed by atoms with Gasteiger partial charge in [-0.2, -0.15) is 0 Å². The molecule has 1 amide bonds. The molecule has 5 nitrogen and oxygen atoms in total. The monoisotopic (exact) mass is 330 g/mol. The van der Waals surface area contributed by atoms with Crippen molar-refractivity contribution in [3.63, 3.8) is 0 Å². The molecule has 1 heterocycles. The summed E-state index contributed by atoms with van der Waals surface area (Å²) in [7, 11) is 0. The lowest BCUT2D eigenvalue weighted by Gasteiger charge is -2.33. The summed E-state index contributed by atoms with van der Waals surface area (Å²) in [5.74, 6) is 0.186. The van der Waals surface area contributed by atoms with E-state index in [4.69, 9.17) is 23.2 Å². The maximum atomic E-state index is 12.4. The lowest BCUT2D eigenvalue weighted by molar-refractivity contribution is -0.384. The molecule has 114 valence electrons. The highest BCUT2D eigenvalue weighted by molar-refractivity contribution is 6.31. The Kier molecular flexibility index (Phi) is 5.06. The van der Waals surface area contributed by atoms with Crippen LogP contribution < -0.4 is 0 Å². The number of non-ortho nitro benzene ring substituents is 1. The molecule has 0 spiro atoms. The van der Waals surface area contributed by atoms with Crippen molar-refractivity contribution >= 4 is 34.8 Å². The molecular formula is C14H16Cl2N2O3. The van der Waals surface area contributed by atoms with Crippen LogP contribution in [0.3, 0.4) is 0 Å². The van der Waals surface area contributed by atoms with Crippen LogP contribution in [0.25, 0.3) is 0 Å². The van der Waals surface area contributed by atoms with Gasteiger partial charge in [-0.1, -0.05) is 11.6 Å². The number of hydrogen-bond donors (Lipinski definition) is 0. The first-order chi connectivity index (χ1) is 9.88. The number of nitro benzene ring substituents is 1. The van der Waals surface area contributed by atoms with E-state index in [0.717, 1.165) is 12.8 Å². The Hall–Kier alpha value is -1.33. The number of halogens is 2. The van der Waals surface area contributed by atoms with Crippen molar-refractivity contribution < 1.29 is 9.72 Å². The molecule has 0 saturated carbocycles. The average Bonchev–Trinajstić information content (AvgIpc) is 2.45. The minimum Gasteiger partial charge on any atom is -0.339 e.